The highest BCUT2D eigenvalue weighted by Gasteiger charge is 2.60. The van der Waals surface area contributed by atoms with E-state index in [1.165, 1.54) is 0 Å². The number of hydrogen-bond donors (Lipinski definition) is 22. The van der Waals surface area contributed by atoms with Crippen LogP contribution in [0.2, 0.25) is 0 Å². The third-order valence-corrected chi connectivity index (χ3v) is 13.5. The summed E-state index contributed by atoms with van der Waals surface area (Å²) in [4.78, 5) is 24.0. The first-order chi connectivity index (χ1) is 35.2. The van der Waals surface area contributed by atoms with Gasteiger partial charge < -0.3 is 165 Å². The fraction of sp³-hybridized carbons (Fsp3) is 0.950. The van der Waals surface area contributed by atoms with E-state index in [-0.39, 0.29) is 6.42 Å². The summed E-state index contributed by atoms with van der Waals surface area (Å²) < 4.78 is 62.1. The molecule has 436 valence electrons. The van der Waals surface area contributed by atoms with Gasteiger partial charge in [0, 0.05) is 6.42 Å². The van der Waals surface area contributed by atoms with Crippen molar-refractivity contribution < 1.29 is 169 Å². The van der Waals surface area contributed by atoms with E-state index < -0.39 is 241 Å². The molecule has 31 atom stereocenters. The summed E-state index contributed by atoms with van der Waals surface area (Å²) in [6.07, 6.45) is -65.0. The molecule has 6 heterocycles. The van der Waals surface area contributed by atoms with Crippen molar-refractivity contribution in [3.05, 3.63) is 0 Å². The van der Waals surface area contributed by atoms with Crippen LogP contribution in [-0.4, -0.2) is 342 Å². The molecular formula is C40H67NO34. The van der Waals surface area contributed by atoms with E-state index >= 15 is 0 Å². The minimum atomic E-state index is -3.24. The highest BCUT2D eigenvalue weighted by molar-refractivity contribution is 5.75. The standard InChI is InChI=1S/C40H67NO34/c41-8-1-9(46)14(5-44)66-34(8)65-7-13(50)25-20(55)21(56)31(73-36-23(58)18(53)19(54)30(72-36)33(60)61)38(68-25)71-29-24(59)37(69-26-10(47)2-40(64,39(62)63)75-28(26)12(49)4-43)70-27(11(48)3-42)32(29)74-35-22(57)17(52)16(51)15(6-45)67-35/h8-32,34-38,42-59,64H,1-7,41H2,(H,60,61)(H,62,63)/t8?,9-,10+,11?,12?,13?,14?,15?,16+,17-,18-,19-,20-,21-,22?,23?,24-,25?,26-,27?,28?,29?,30?,31?,32-,34+,35-,36-,37-,38+,40+/m0/s1. The lowest BCUT2D eigenvalue weighted by atomic mass is 9.91. The zero-order valence-electron chi connectivity index (χ0n) is 39.0. The van der Waals surface area contributed by atoms with Crippen LogP contribution in [0.1, 0.15) is 12.8 Å². The summed E-state index contributed by atoms with van der Waals surface area (Å²) in [7, 11) is 0. The molecule has 0 radical (unpaired) electrons. The number of rotatable bonds is 20. The summed E-state index contributed by atoms with van der Waals surface area (Å²) in [6.45, 7) is -5.25. The molecule has 6 saturated heterocycles. The Bertz CT molecular complexity index is 1830. The van der Waals surface area contributed by atoms with E-state index in [2.05, 4.69) is 0 Å². The number of nitrogens with two attached hydrogens (primary N) is 1. The molecule has 35 nitrogen and oxygen atoms in total. The summed E-state index contributed by atoms with van der Waals surface area (Å²) in [5.74, 6) is -7.25. The summed E-state index contributed by atoms with van der Waals surface area (Å²) in [5.41, 5.74) is 6.03. The first-order valence-electron chi connectivity index (χ1n) is 23.3. The zero-order chi connectivity index (χ0) is 55.7. The Balaban J connectivity index is 1.42. The van der Waals surface area contributed by atoms with Crippen molar-refractivity contribution in [2.75, 3.05) is 33.0 Å². The maximum atomic E-state index is 12.3. The SMILES string of the molecule is NC1C[C@H](O)C(CO)O[C@H]1OCC(O)C1O[C@H](OC2[C@@H](O[C@@H]3OC(CO)[C@@H](O)[C@H](O)C3O)C(C(O)CO)O[C@H](O[C@@H]3C(C(O)CO)O[C@@](O)(C(=O)O)C[C@H]3O)[C@H]2O)C(O[C@@H]2OC(C(=O)O)[C@@H](O)[C@H](O)C2O)[C@@H](O)[C@@H]1O. The van der Waals surface area contributed by atoms with Crippen molar-refractivity contribution in [1.29, 1.82) is 0 Å². The lowest BCUT2D eigenvalue weighted by molar-refractivity contribution is -0.413. The van der Waals surface area contributed by atoms with Crippen LogP contribution in [0, 0.1) is 0 Å². The minimum absolute atomic E-state index is 0.178. The molecule has 0 aromatic carbocycles. The maximum Gasteiger partial charge on any atom is 0.364 e. The Morgan fingerprint density at radius 1 is 0.520 bits per heavy atom. The van der Waals surface area contributed by atoms with Gasteiger partial charge in [-0.1, -0.05) is 0 Å². The molecule has 14 unspecified atom stereocenters. The molecule has 23 N–H and O–H groups in total. The molecule has 35 heteroatoms. The van der Waals surface area contributed by atoms with Crippen molar-refractivity contribution in [3.8, 4) is 0 Å². The van der Waals surface area contributed by atoms with Gasteiger partial charge in [0.15, 0.2) is 37.6 Å². The highest BCUT2D eigenvalue weighted by atomic mass is 16.8. The van der Waals surface area contributed by atoms with E-state index in [4.69, 9.17) is 57.8 Å². The molecule has 6 aliphatic rings. The van der Waals surface area contributed by atoms with Crippen molar-refractivity contribution in [1.82, 2.24) is 0 Å². The van der Waals surface area contributed by atoms with Crippen LogP contribution < -0.4 is 5.73 Å². The van der Waals surface area contributed by atoms with E-state index in [0.717, 1.165) is 0 Å². The average Bonchev–Trinajstić information content (AvgIpc) is 3.37. The number of aliphatic carboxylic acids is 2. The van der Waals surface area contributed by atoms with Crippen LogP contribution in [0.4, 0.5) is 0 Å². The zero-order valence-corrected chi connectivity index (χ0v) is 39.0. The second-order valence-electron chi connectivity index (χ2n) is 18.8. The van der Waals surface area contributed by atoms with Gasteiger partial charge >= 0.3 is 11.9 Å². The number of ether oxygens (including phenoxy) is 11. The van der Waals surface area contributed by atoms with E-state index in [1.807, 2.05) is 0 Å². The fourth-order valence-corrected chi connectivity index (χ4v) is 9.27. The minimum Gasteiger partial charge on any atom is -0.479 e. The average molecular weight is 1110 g/mol. The van der Waals surface area contributed by atoms with E-state index in [1.54, 1.807) is 0 Å². The predicted octanol–water partition coefficient (Wildman–Crippen LogP) is -14.4. The molecule has 0 spiro atoms. The molecule has 6 aliphatic heterocycles. The Morgan fingerprint density at radius 2 is 1.04 bits per heavy atom. The number of carbonyl (C=O) groups is 2. The molecule has 0 amide bonds. The number of aliphatic hydroxyl groups is 19. The van der Waals surface area contributed by atoms with Gasteiger partial charge in [0.05, 0.1) is 51.3 Å². The normalized spacial score (nSPS) is 49.1. The monoisotopic (exact) mass is 1110 g/mol. The van der Waals surface area contributed by atoms with Gasteiger partial charge in [0.25, 0.3) is 5.79 Å². The molecule has 0 aliphatic carbocycles. The van der Waals surface area contributed by atoms with Crippen LogP contribution in [0.25, 0.3) is 0 Å². The van der Waals surface area contributed by atoms with Crippen molar-refractivity contribution >= 4 is 11.9 Å². The predicted molar refractivity (Wildman–Crippen MR) is 223 cm³/mol. The van der Waals surface area contributed by atoms with Crippen LogP contribution in [0.3, 0.4) is 0 Å². The smallest absolute Gasteiger partial charge is 0.364 e. The Labute approximate surface area is 422 Å². The molecule has 6 fully saturated rings. The van der Waals surface area contributed by atoms with Crippen molar-refractivity contribution in [3.63, 3.8) is 0 Å². The lowest BCUT2D eigenvalue weighted by Crippen LogP contribution is -2.70. The molecule has 0 aromatic rings. The van der Waals surface area contributed by atoms with Gasteiger partial charge in [0.2, 0.25) is 0 Å². The maximum absolute atomic E-state index is 12.3. The molecule has 0 saturated carbocycles. The van der Waals surface area contributed by atoms with Crippen LogP contribution >= 0.6 is 0 Å². The second-order valence-corrected chi connectivity index (χ2v) is 18.8. The quantitative estimate of drug-likeness (QED) is 0.0538. The topological polar surface area (TPSA) is 587 Å². The fourth-order valence-electron chi connectivity index (χ4n) is 9.27. The van der Waals surface area contributed by atoms with Gasteiger partial charge in [0.1, 0.15) is 128 Å². The van der Waals surface area contributed by atoms with Crippen molar-refractivity contribution in [2.45, 2.75) is 203 Å². The third kappa shape index (κ3) is 13.2. The van der Waals surface area contributed by atoms with E-state index in [9.17, 15) is 117 Å². The summed E-state index contributed by atoms with van der Waals surface area (Å²) in [5, 5.41) is 224. The molecule has 6 rings (SSSR count). The lowest BCUT2D eigenvalue weighted by Gasteiger charge is -2.52. The number of aliphatic hydroxyl groups excluding tert-OH is 18. The van der Waals surface area contributed by atoms with Gasteiger partial charge in [-0.15, -0.1) is 0 Å². The molecule has 75 heavy (non-hydrogen) atoms. The number of hydrogen-bond acceptors (Lipinski definition) is 33. The largest absolute Gasteiger partial charge is 0.479 e. The van der Waals surface area contributed by atoms with Crippen LogP contribution in [0.15, 0.2) is 0 Å². The Hall–Kier alpha value is -2.30. The molecule has 0 aromatic heterocycles. The first-order valence-corrected chi connectivity index (χ1v) is 23.3. The van der Waals surface area contributed by atoms with Gasteiger partial charge in [-0.2, -0.15) is 0 Å². The van der Waals surface area contributed by atoms with Gasteiger partial charge in [-0.05, 0) is 6.42 Å². The highest BCUT2D eigenvalue weighted by Crippen LogP contribution is 2.40. The van der Waals surface area contributed by atoms with Crippen LogP contribution in [0.5, 0.6) is 0 Å². The van der Waals surface area contributed by atoms with Crippen molar-refractivity contribution in [2.24, 2.45) is 5.73 Å². The van der Waals surface area contributed by atoms with Gasteiger partial charge in [-0.3, -0.25) is 0 Å². The molecule has 0 bridgehead atoms. The molecular weight excluding hydrogens is 1040 g/mol. The summed E-state index contributed by atoms with van der Waals surface area (Å²) in [6, 6.07) is -1.09. The van der Waals surface area contributed by atoms with E-state index in [0.29, 0.717) is 0 Å². The first kappa shape index (κ1) is 61.9. The Kier molecular flexibility index (Phi) is 21.4. The Morgan fingerprint density at radius 3 is 1.63 bits per heavy atom. The second kappa shape index (κ2) is 25.9. The summed E-state index contributed by atoms with van der Waals surface area (Å²) >= 11 is 0. The van der Waals surface area contributed by atoms with Gasteiger partial charge in [-0.25, -0.2) is 9.59 Å². The third-order valence-electron chi connectivity index (χ3n) is 13.5. The number of carboxylic acid groups (broad SMARTS) is 2. The van der Waals surface area contributed by atoms with Crippen LogP contribution in [-0.2, 0) is 61.7 Å². The number of carboxylic acids is 2.